The molecule has 166 valence electrons. The number of nitro benzene ring substituents is 1. The van der Waals surface area contributed by atoms with Gasteiger partial charge in [0.05, 0.1) is 4.92 Å². The van der Waals surface area contributed by atoms with Crippen LogP contribution in [-0.4, -0.2) is 23.4 Å². The van der Waals surface area contributed by atoms with E-state index in [1.165, 1.54) is 24.3 Å². The molecule has 0 radical (unpaired) electrons. The molecule has 0 bridgehead atoms. The van der Waals surface area contributed by atoms with Crippen LogP contribution in [0.5, 0.6) is 17.2 Å². The molecule has 0 atom stereocenters. The molecule has 0 N–H and O–H groups in total. The smallest absolute Gasteiger partial charge is 0.459 e. The fourth-order valence-electron chi connectivity index (χ4n) is 3.33. The van der Waals surface area contributed by atoms with Crippen molar-refractivity contribution in [2.24, 2.45) is 0 Å². The summed E-state index contributed by atoms with van der Waals surface area (Å²) in [5, 5.41) is 11.4. The van der Waals surface area contributed by atoms with Crippen molar-refractivity contribution in [1.82, 2.24) is 0 Å². The van der Waals surface area contributed by atoms with Crippen LogP contribution >= 0.6 is 0 Å². The lowest BCUT2D eigenvalue weighted by molar-refractivity contribution is -0.385. The summed E-state index contributed by atoms with van der Waals surface area (Å²) in [6, 6.07) is 7.07. The van der Waals surface area contributed by atoms with Gasteiger partial charge in [-0.3, -0.25) is 10.1 Å². The van der Waals surface area contributed by atoms with Gasteiger partial charge >= 0.3 is 12.3 Å². The number of esters is 1. The number of carbonyl (C=O) groups is 1. The van der Waals surface area contributed by atoms with Crippen molar-refractivity contribution in [3.8, 4) is 17.2 Å². The molecule has 2 aromatic carbocycles. The molecule has 0 saturated heterocycles. The molecule has 1 aliphatic rings. The summed E-state index contributed by atoms with van der Waals surface area (Å²) in [6.45, 7) is 1.56. The van der Waals surface area contributed by atoms with E-state index < -0.39 is 28.7 Å². The standard InChI is InChI=1S/C21H20F3NO6/c1-13-11-18(25(27)28)17(20(26)30-14-5-3-2-4-6-14)12-19(13)29-15-7-9-16(10-8-15)31-21(22,23)24/h7-12,14H,2-6H2,1H3. The molecule has 0 aliphatic heterocycles. The van der Waals surface area contributed by atoms with E-state index in [1.807, 2.05) is 0 Å². The predicted molar refractivity (Wildman–Crippen MR) is 103 cm³/mol. The number of benzene rings is 2. The first-order valence-electron chi connectivity index (χ1n) is 9.66. The van der Waals surface area contributed by atoms with Crippen LogP contribution in [0.1, 0.15) is 48.0 Å². The molecule has 0 amide bonds. The highest BCUT2D eigenvalue weighted by Crippen LogP contribution is 2.34. The second kappa shape index (κ2) is 9.23. The zero-order valence-corrected chi connectivity index (χ0v) is 16.6. The van der Waals surface area contributed by atoms with Crippen LogP contribution in [0, 0.1) is 17.0 Å². The number of hydrogen-bond acceptors (Lipinski definition) is 6. The number of nitrogens with zero attached hydrogens (tertiary/aromatic N) is 1. The molecule has 1 saturated carbocycles. The summed E-state index contributed by atoms with van der Waals surface area (Å²) in [7, 11) is 0. The molecule has 0 spiro atoms. The van der Waals surface area contributed by atoms with Crippen LogP contribution in [0.15, 0.2) is 36.4 Å². The van der Waals surface area contributed by atoms with Crippen LogP contribution < -0.4 is 9.47 Å². The minimum Gasteiger partial charge on any atom is -0.459 e. The van der Waals surface area contributed by atoms with E-state index in [9.17, 15) is 28.1 Å². The number of halogens is 3. The van der Waals surface area contributed by atoms with E-state index in [1.54, 1.807) is 6.92 Å². The number of ether oxygens (including phenoxy) is 3. The van der Waals surface area contributed by atoms with Crippen molar-refractivity contribution in [1.29, 1.82) is 0 Å². The Kier molecular flexibility index (Phi) is 6.67. The fourth-order valence-corrected chi connectivity index (χ4v) is 3.33. The van der Waals surface area contributed by atoms with Gasteiger partial charge in [-0.2, -0.15) is 0 Å². The number of rotatable bonds is 6. The van der Waals surface area contributed by atoms with Gasteiger partial charge in [-0.05, 0) is 62.4 Å². The first kappa shape index (κ1) is 22.4. The first-order chi connectivity index (χ1) is 14.6. The van der Waals surface area contributed by atoms with E-state index >= 15 is 0 Å². The average molecular weight is 439 g/mol. The second-order valence-corrected chi connectivity index (χ2v) is 7.18. The Hall–Kier alpha value is -3.30. The largest absolute Gasteiger partial charge is 0.573 e. The topological polar surface area (TPSA) is 87.9 Å². The highest BCUT2D eigenvalue weighted by molar-refractivity contribution is 5.94. The summed E-state index contributed by atoms with van der Waals surface area (Å²) in [4.78, 5) is 23.4. The van der Waals surface area contributed by atoms with Crippen LogP contribution in [0.3, 0.4) is 0 Å². The van der Waals surface area contributed by atoms with E-state index in [4.69, 9.17) is 9.47 Å². The van der Waals surface area contributed by atoms with Crippen LogP contribution in [0.25, 0.3) is 0 Å². The zero-order chi connectivity index (χ0) is 22.6. The molecule has 7 nitrogen and oxygen atoms in total. The van der Waals surface area contributed by atoms with Gasteiger partial charge in [-0.1, -0.05) is 6.42 Å². The van der Waals surface area contributed by atoms with Gasteiger partial charge in [-0.15, -0.1) is 13.2 Å². The normalized spacial score (nSPS) is 14.7. The highest BCUT2D eigenvalue weighted by Gasteiger charge is 2.31. The van der Waals surface area contributed by atoms with E-state index in [0.29, 0.717) is 18.4 Å². The Balaban J connectivity index is 1.82. The molecular formula is C21H20F3NO6. The van der Waals surface area contributed by atoms with Crippen molar-refractivity contribution < 1.29 is 37.1 Å². The molecule has 3 rings (SSSR count). The van der Waals surface area contributed by atoms with Crippen molar-refractivity contribution in [2.45, 2.75) is 51.5 Å². The molecular weight excluding hydrogens is 419 g/mol. The van der Waals surface area contributed by atoms with Gasteiger partial charge in [0.2, 0.25) is 0 Å². The van der Waals surface area contributed by atoms with E-state index in [2.05, 4.69) is 4.74 Å². The average Bonchev–Trinajstić information content (AvgIpc) is 2.70. The van der Waals surface area contributed by atoms with Gasteiger partial charge in [0.1, 0.15) is 28.9 Å². The molecule has 1 aliphatic carbocycles. The Morgan fingerprint density at radius 2 is 1.68 bits per heavy atom. The van der Waals surface area contributed by atoms with Crippen molar-refractivity contribution in [2.75, 3.05) is 0 Å². The Labute approximate surface area is 175 Å². The molecule has 1 fully saturated rings. The summed E-state index contributed by atoms with van der Waals surface area (Å²) in [5.41, 5.74) is -0.274. The van der Waals surface area contributed by atoms with Crippen molar-refractivity contribution in [3.05, 3.63) is 57.6 Å². The van der Waals surface area contributed by atoms with Crippen LogP contribution in [-0.2, 0) is 4.74 Å². The van der Waals surface area contributed by atoms with Crippen molar-refractivity contribution in [3.63, 3.8) is 0 Å². The summed E-state index contributed by atoms with van der Waals surface area (Å²) >= 11 is 0. The number of carbonyl (C=O) groups excluding carboxylic acids is 1. The van der Waals surface area contributed by atoms with Crippen LogP contribution in [0.2, 0.25) is 0 Å². The predicted octanol–water partition coefficient (Wildman–Crippen LogP) is 6.08. The van der Waals surface area contributed by atoms with Gasteiger partial charge in [-0.25, -0.2) is 4.79 Å². The number of alkyl halides is 3. The molecule has 2 aromatic rings. The summed E-state index contributed by atoms with van der Waals surface area (Å²) in [5.74, 6) is -0.918. The Morgan fingerprint density at radius 1 is 1.06 bits per heavy atom. The first-order valence-corrected chi connectivity index (χ1v) is 9.66. The maximum Gasteiger partial charge on any atom is 0.573 e. The minimum absolute atomic E-state index is 0.144. The number of hydrogen-bond donors (Lipinski definition) is 0. The Morgan fingerprint density at radius 3 is 2.26 bits per heavy atom. The van der Waals surface area contributed by atoms with E-state index in [0.717, 1.165) is 31.4 Å². The van der Waals surface area contributed by atoms with Crippen molar-refractivity contribution >= 4 is 11.7 Å². The van der Waals surface area contributed by atoms with E-state index in [-0.39, 0.29) is 23.2 Å². The lowest BCUT2D eigenvalue weighted by Gasteiger charge is -2.22. The molecule has 0 unspecified atom stereocenters. The van der Waals surface area contributed by atoms with Gasteiger partial charge in [0, 0.05) is 12.1 Å². The molecule has 0 heterocycles. The fraction of sp³-hybridized carbons (Fsp3) is 0.381. The monoisotopic (exact) mass is 439 g/mol. The number of aryl methyl sites for hydroxylation is 1. The number of nitro groups is 1. The van der Waals surface area contributed by atoms with Crippen LogP contribution in [0.4, 0.5) is 18.9 Å². The third kappa shape index (κ3) is 6.09. The SMILES string of the molecule is Cc1cc([N+](=O)[O-])c(C(=O)OC2CCCCC2)cc1Oc1ccc(OC(F)(F)F)cc1. The third-order valence-corrected chi connectivity index (χ3v) is 4.82. The maximum absolute atomic E-state index is 12.6. The second-order valence-electron chi connectivity index (χ2n) is 7.18. The molecule has 10 heteroatoms. The minimum atomic E-state index is -4.81. The van der Waals surface area contributed by atoms with Gasteiger partial charge < -0.3 is 14.2 Å². The third-order valence-electron chi connectivity index (χ3n) is 4.82. The van der Waals surface area contributed by atoms with Gasteiger partial charge in [0.15, 0.2) is 0 Å². The van der Waals surface area contributed by atoms with Gasteiger partial charge in [0.25, 0.3) is 5.69 Å². The highest BCUT2D eigenvalue weighted by atomic mass is 19.4. The lowest BCUT2D eigenvalue weighted by atomic mass is 9.98. The molecule has 31 heavy (non-hydrogen) atoms. The zero-order valence-electron chi connectivity index (χ0n) is 16.6. The lowest BCUT2D eigenvalue weighted by Crippen LogP contribution is -2.21. The Bertz CT molecular complexity index is 953. The summed E-state index contributed by atoms with van der Waals surface area (Å²) in [6.07, 6.45) is -0.767. The maximum atomic E-state index is 12.6. The quantitative estimate of drug-likeness (QED) is 0.308. The molecule has 0 aromatic heterocycles. The summed E-state index contributed by atoms with van der Waals surface area (Å²) < 4.78 is 51.7.